The molecule has 1 heterocycles. The molecule has 5 heteroatoms. The SMILES string of the molecule is CCn1c(Cl)nc2c(C)c(Cl)ccc2c1=O. The molecule has 84 valence electrons. The lowest BCUT2D eigenvalue weighted by atomic mass is 10.1. The van der Waals surface area contributed by atoms with Crippen molar-refractivity contribution in [2.45, 2.75) is 20.4 Å². The van der Waals surface area contributed by atoms with Crippen LogP contribution in [-0.2, 0) is 6.54 Å². The van der Waals surface area contributed by atoms with Gasteiger partial charge in [-0.3, -0.25) is 9.36 Å². The quantitative estimate of drug-likeness (QED) is 0.736. The van der Waals surface area contributed by atoms with Gasteiger partial charge in [-0.25, -0.2) is 4.98 Å². The van der Waals surface area contributed by atoms with Gasteiger partial charge in [-0.1, -0.05) is 11.6 Å². The summed E-state index contributed by atoms with van der Waals surface area (Å²) in [5, 5.41) is 1.34. The molecule has 1 aromatic carbocycles. The van der Waals surface area contributed by atoms with Gasteiger partial charge in [0.15, 0.2) is 0 Å². The minimum atomic E-state index is -0.128. The van der Waals surface area contributed by atoms with E-state index in [1.165, 1.54) is 4.57 Å². The van der Waals surface area contributed by atoms with Gasteiger partial charge in [0.1, 0.15) is 0 Å². The summed E-state index contributed by atoms with van der Waals surface area (Å²) in [4.78, 5) is 16.3. The average molecular weight is 257 g/mol. The van der Waals surface area contributed by atoms with Crippen LogP contribution in [-0.4, -0.2) is 9.55 Å². The highest BCUT2D eigenvalue weighted by Gasteiger charge is 2.11. The van der Waals surface area contributed by atoms with Crippen LogP contribution in [0.2, 0.25) is 10.3 Å². The second-order valence-electron chi connectivity index (χ2n) is 3.50. The third-order valence-electron chi connectivity index (χ3n) is 2.58. The molecule has 0 atom stereocenters. The van der Waals surface area contributed by atoms with Crippen molar-refractivity contribution in [3.63, 3.8) is 0 Å². The number of halogens is 2. The van der Waals surface area contributed by atoms with Gasteiger partial charge < -0.3 is 0 Å². The molecule has 0 spiro atoms. The first-order valence-electron chi connectivity index (χ1n) is 4.91. The first kappa shape index (κ1) is 11.4. The van der Waals surface area contributed by atoms with Gasteiger partial charge in [0, 0.05) is 11.6 Å². The molecule has 2 rings (SSSR count). The Morgan fingerprint density at radius 1 is 1.38 bits per heavy atom. The van der Waals surface area contributed by atoms with E-state index in [9.17, 15) is 4.79 Å². The smallest absolute Gasteiger partial charge is 0.262 e. The van der Waals surface area contributed by atoms with E-state index in [-0.39, 0.29) is 10.8 Å². The Labute approximate surface area is 103 Å². The van der Waals surface area contributed by atoms with Crippen molar-refractivity contribution in [2.24, 2.45) is 0 Å². The van der Waals surface area contributed by atoms with Crippen LogP contribution >= 0.6 is 23.2 Å². The Hall–Kier alpha value is -1.06. The standard InChI is InChI=1S/C11H10Cl2N2O/c1-3-15-10(16)7-4-5-8(12)6(2)9(7)14-11(15)13/h4-5H,3H2,1-2H3. The highest BCUT2D eigenvalue weighted by atomic mass is 35.5. The maximum atomic E-state index is 12.0. The minimum absolute atomic E-state index is 0.128. The lowest BCUT2D eigenvalue weighted by molar-refractivity contribution is 0.718. The van der Waals surface area contributed by atoms with Crippen molar-refractivity contribution in [2.75, 3.05) is 0 Å². The van der Waals surface area contributed by atoms with E-state index in [1.54, 1.807) is 12.1 Å². The zero-order valence-corrected chi connectivity index (χ0v) is 10.4. The molecule has 16 heavy (non-hydrogen) atoms. The number of rotatable bonds is 1. The van der Waals surface area contributed by atoms with Crippen LogP contribution in [0.3, 0.4) is 0 Å². The summed E-state index contributed by atoms with van der Waals surface area (Å²) < 4.78 is 1.43. The molecule has 0 aliphatic heterocycles. The number of nitrogens with zero attached hydrogens (tertiary/aromatic N) is 2. The molecule has 0 unspecified atom stereocenters. The third kappa shape index (κ3) is 1.60. The summed E-state index contributed by atoms with van der Waals surface area (Å²) in [6, 6.07) is 3.39. The molecule has 0 saturated heterocycles. The zero-order chi connectivity index (χ0) is 11.9. The molecule has 0 N–H and O–H groups in total. The summed E-state index contributed by atoms with van der Waals surface area (Å²) in [5.74, 6) is 0. The van der Waals surface area contributed by atoms with Gasteiger partial charge in [0.2, 0.25) is 5.28 Å². The van der Waals surface area contributed by atoms with Crippen molar-refractivity contribution < 1.29 is 0 Å². The Balaban J connectivity index is 2.99. The lowest BCUT2D eigenvalue weighted by Gasteiger charge is -2.08. The van der Waals surface area contributed by atoms with E-state index >= 15 is 0 Å². The summed E-state index contributed by atoms with van der Waals surface area (Å²) in [5.41, 5.74) is 1.23. The van der Waals surface area contributed by atoms with Crippen LogP contribution in [0.1, 0.15) is 12.5 Å². The Morgan fingerprint density at radius 3 is 2.69 bits per heavy atom. The Morgan fingerprint density at radius 2 is 2.06 bits per heavy atom. The van der Waals surface area contributed by atoms with E-state index in [4.69, 9.17) is 23.2 Å². The lowest BCUT2D eigenvalue weighted by Crippen LogP contribution is -2.21. The first-order chi connectivity index (χ1) is 7.56. The normalized spacial score (nSPS) is 11.0. The van der Waals surface area contributed by atoms with Crippen LogP contribution in [0.4, 0.5) is 0 Å². The average Bonchev–Trinajstić information content (AvgIpc) is 2.25. The number of aromatic nitrogens is 2. The van der Waals surface area contributed by atoms with Crippen molar-refractivity contribution in [1.29, 1.82) is 0 Å². The van der Waals surface area contributed by atoms with Crippen LogP contribution in [0, 0.1) is 6.92 Å². The summed E-state index contributed by atoms with van der Waals surface area (Å²) in [6.45, 7) is 4.18. The Kier molecular flexibility index (Phi) is 2.91. The van der Waals surface area contributed by atoms with Crippen LogP contribution in [0.5, 0.6) is 0 Å². The predicted molar refractivity (Wildman–Crippen MR) is 66.4 cm³/mol. The number of aryl methyl sites for hydroxylation is 1. The molecule has 0 fully saturated rings. The minimum Gasteiger partial charge on any atom is -0.283 e. The maximum absolute atomic E-state index is 12.0. The van der Waals surface area contributed by atoms with E-state index in [0.29, 0.717) is 22.5 Å². The highest BCUT2D eigenvalue weighted by molar-refractivity contribution is 6.32. The first-order valence-corrected chi connectivity index (χ1v) is 5.67. The molecule has 0 amide bonds. The van der Waals surface area contributed by atoms with E-state index in [0.717, 1.165) is 5.56 Å². The van der Waals surface area contributed by atoms with E-state index < -0.39 is 0 Å². The second kappa shape index (κ2) is 4.07. The van der Waals surface area contributed by atoms with E-state index in [1.807, 2.05) is 13.8 Å². The number of hydrogen-bond donors (Lipinski definition) is 0. The fourth-order valence-corrected chi connectivity index (χ4v) is 2.08. The number of hydrogen-bond acceptors (Lipinski definition) is 2. The zero-order valence-electron chi connectivity index (χ0n) is 8.92. The fourth-order valence-electron chi connectivity index (χ4n) is 1.65. The van der Waals surface area contributed by atoms with Gasteiger partial charge in [0.25, 0.3) is 5.56 Å². The van der Waals surface area contributed by atoms with Gasteiger partial charge >= 0.3 is 0 Å². The number of fused-ring (bicyclic) bond motifs is 1. The number of benzene rings is 1. The predicted octanol–water partition coefficient (Wildman–Crippen LogP) is 3.03. The van der Waals surface area contributed by atoms with Crippen molar-refractivity contribution >= 4 is 34.1 Å². The molecular formula is C11H10Cl2N2O. The molecular weight excluding hydrogens is 247 g/mol. The van der Waals surface area contributed by atoms with Crippen LogP contribution in [0.25, 0.3) is 10.9 Å². The van der Waals surface area contributed by atoms with Crippen LogP contribution < -0.4 is 5.56 Å². The Bertz CT molecular complexity index is 619. The molecule has 0 radical (unpaired) electrons. The van der Waals surface area contributed by atoms with Gasteiger partial charge in [-0.2, -0.15) is 0 Å². The summed E-state index contributed by atoms with van der Waals surface area (Å²) >= 11 is 11.9. The molecule has 0 bridgehead atoms. The van der Waals surface area contributed by atoms with Crippen LogP contribution in [0.15, 0.2) is 16.9 Å². The molecule has 2 aromatic rings. The monoisotopic (exact) mass is 256 g/mol. The van der Waals surface area contributed by atoms with Gasteiger partial charge in [-0.15, -0.1) is 0 Å². The van der Waals surface area contributed by atoms with Crippen molar-refractivity contribution in [3.8, 4) is 0 Å². The summed E-state index contributed by atoms with van der Waals surface area (Å²) in [6.07, 6.45) is 0. The molecule has 3 nitrogen and oxygen atoms in total. The fraction of sp³-hybridized carbons (Fsp3) is 0.273. The third-order valence-corrected chi connectivity index (χ3v) is 3.28. The topological polar surface area (TPSA) is 34.9 Å². The molecule has 0 aliphatic rings. The largest absolute Gasteiger partial charge is 0.283 e. The van der Waals surface area contributed by atoms with Crippen molar-refractivity contribution in [3.05, 3.63) is 38.4 Å². The van der Waals surface area contributed by atoms with Gasteiger partial charge in [-0.05, 0) is 43.1 Å². The highest BCUT2D eigenvalue weighted by Crippen LogP contribution is 2.22. The van der Waals surface area contributed by atoms with Gasteiger partial charge in [0.05, 0.1) is 10.9 Å². The summed E-state index contributed by atoms with van der Waals surface area (Å²) in [7, 11) is 0. The second-order valence-corrected chi connectivity index (χ2v) is 4.24. The van der Waals surface area contributed by atoms with Crippen molar-refractivity contribution in [1.82, 2.24) is 9.55 Å². The molecule has 0 aliphatic carbocycles. The maximum Gasteiger partial charge on any atom is 0.262 e. The van der Waals surface area contributed by atoms with E-state index in [2.05, 4.69) is 4.98 Å². The molecule has 0 saturated carbocycles. The molecule has 1 aromatic heterocycles.